The minimum absolute atomic E-state index is 0. The SMILES string of the molecule is CC1CC(NC(=O)C2CCCN(S(=O)(=O)c3ccc(F)cc3)C2)CCN1.Cl. The van der Waals surface area contributed by atoms with Crippen LogP contribution in [-0.4, -0.2) is 50.3 Å². The average Bonchev–Trinajstić information content (AvgIpc) is 2.62. The molecular formula is C18H27ClFN3O3S. The van der Waals surface area contributed by atoms with Gasteiger partial charge in [-0.25, -0.2) is 12.8 Å². The van der Waals surface area contributed by atoms with Crippen LogP contribution in [-0.2, 0) is 14.8 Å². The highest BCUT2D eigenvalue weighted by atomic mass is 35.5. The van der Waals surface area contributed by atoms with Gasteiger partial charge in [0.25, 0.3) is 0 Å². The van der Waals surface area contributed by atoms with E-state index < -0.39 is 15.8 Å². The summed E-state index contributed by atoms with van der Waals surface area (Å²) in [5, 5.41) is 6.44. The van der Waals surface area contributed by atoms with Crippen LogP contribution in [0.3, 0.4) is 0 Å². The van der Waals surface area contributed by atoms with Crippen LogP contribution in [0.1, 0.15) is 32.6 Å². The summed E-state index contributed by atoms with van der Waals surface area (Å²) >= 11 is 0. The normalized spacial score (nSPS) is 26.8. The molecule has 3 atom stereocenters. The number of benzene rings is 1. The van der Waals surface area contributed by atoms with E-state index in [2.05, 4.69) is 17.6 Å². The Morgan fingerprint density at radius 3 is 2.63 bits per heavy atom. The van der Waals surface area contributed by atoms with Crippen molar-refractivity contribution in [3.05, 3.63) is 30.1 Å². The molecule has 2 fully saturated rings. The summed E-state index contributed by atoms with van der Waals surface area (Å²) in [6, 6.07) is 5.33. The van der Waals surface area contributed by atoms with Gasteiger partial charge in [0, 0.05) is 25.2 Å². The maximum Gasteiger partial charge on any atom is 0.243 e. The number of rotatable bonds is 4. The third kappa shape index (κ3) is 5.40. The average molecular weight is 420 g/mol. The van der Waals surface area contributed by atoms with Gasteiger partial charge in [-0.3, -0.25) is 4.79 Å². The molecule has 1 aromatic carbocycles. The van der Waals surface area contributed by atoms with Gasteiger partial charge in [-0.1, -0.05) is 0 Å². The van der Waals surface area contributed by atoms with Gasteiger partial charge >= 0.3 is 0 Å². The van der Waals surface area contributed by atoms with Crippen LogP contribution < -0.4 is 10.6 Å². The van der Waals surface area contributed by atoms with E-state index in [0.717, 1.165) is 31.5 Å². The zero-order valence-corrected chi connectivity index (χ0v) is 17.0. The van der Waals surface area contributed by atoms with Gasteiger partial charge in [0.2, 0.25) is 15.9 Å². The van der Waals surface area contributed by atoms with Crippen LogP contribution in [0, 0.1) is 11.7 Å². The van der Waals surface area contributed by atoms with E-state index in [9.17, 15) is 17.6 Å². The second kappa shape index (κ2) is 9.32. The lowest BCUT2D eigenvalue weighted by atomic mass is 9.96. The Hall–Kier alpha value is -1.22. The third-order valence-corrected chi connectivity index (χ3v) is 7.06. The molecule has 0 bridgehead atoms. The van der Waals surface area contributed by atoms with E-state index in [0.29, 0.717) is 25.4 Å². The zero-order chi connectivity index (χ0) is 18.7. The fraction of sp³-hybridized carbons (Fsp3) is 0.611. The molecule has 2 aliphatic heterocycles. The van der Waals surface area contributed by atoms with Crippen molar-refractivity contribution in [1.29, 1.82) is 0 Å². The molecule has 2 N–H and O–H groups in total. The molecule has 0 aromatic heterocycles. The van der Waals surface area contributed by atoms with Crippen molar-refractivity contribution in [3.63, 3.8) is 0 Å². The minimum Gasteiger partial charge on any atom is -0.353 e. The summed E-state index contributed by atoms with van der Waals surface area (Å²) in [5.41, 5.74) is 0. The topological polar surface area (TPSA) is 78.5 Å². The van der Waals surface area contributed by atoms with Crippen molar-refractivity contribution in [1.82, 2.24) is 14.9 Å². The number of nitrogens with zero attached hydrogens (tertiary/aromatic N) is 1. The van der Waals surface area contributed by atoms with Crippen molar-refractivity contribution >= 4 is 28.3 Å². The van der Waals surface area contributed by atoms with Crippen molar-refractivity contribution in [2.75, 3.05) is 19.6 Å². The van der Waals surface area contributed by atoms with Crippen LogP contribution in [0.4, 0.5) is 4.39 Å². The lowest BCUT2D eigenvalue weighted by molar-refractivity contribution is -0.127. The number of sulfonamides is 1. The van der Waals surface area contributed by atoms with Gasteiger partial charge < -0.3 is 10.6 Å². The predicted molar refractivity (Wildman–Crippen MR) is 104 cm³/mol. The number of nitrogens with one attached hydrogen (secondary N) is 2. The van der Waals surface area contributed by atoms with Gasteiger partial charge in [-0.15, -0.1) is 12.4 Å². The maximum absolute atomic E-state index is 13.1. The quantitative estimate of drug-likeness (QED) is 0.781. The van der Waals surface area contributed by atoms with E-state index in [-0.39, 0.29) is 41.7 Å². The van der Waals surface area contributed by atoms with E-state index in [1.165, 1.54) is 16.4 Å². The Morgan fingerprint density at radius 2 is 1.96 bits per heavy atom. The van der Waals surface area contributed by atoms with E-state index in [1.807, 2.05) is 0 Å². The number of carbonyl (C=O) groups excluding carboxylic acids is 1. The van der Waals surface area contributed by atoms with Crippen molar-refractivity contribution in [3.8, 4) is 0 Å². The Balaban J connectivity index is 0.00000261. The van der Waals surface area contributed by atoms with Gasteiger partial charge in [-0.2, -0.15) is 4.31 Å². The highest BCUT2D eigenvalue weighted by Crippen LogP contribution is 2.24. The van der Waals surface area contributed by atoms with Crippen molar-refractivity contribution in [2.24, 2.45) is 5.92 Å². The summed E-state index contributed by atoms with van der Waals surface area (Å²) < 4.78 is 39.9. The summed E-state index contributed by atoms with van der Waals surface area (Å²) in [4.78, 5) is 12.7. The highest BCUT2D eigenvalue weighted by Gasteiger charge is 2.34. The molecule has 152 valence electrons. The maximum atomic E-state index is 13.1. The first-order valence-corrected chi connectivity index (χ1v) is 10.6. The smallest absolute Gasteiger partial charge is 0.243 e. The number of hydrogen-bond acceptors (Lipinski definition) is 4. The van der Waals surface area contributed by atoms with E-state index in [1.54, 1.807) is 0 Å². The Bertz CT molecular complexity index is 745. The molecular weight excluding hydrogens is 393 g/mol. The highest BCUT2D eigenvalue weighted by molar-refractivity contribution is 7.89. The molecule has 0 aliphatic carbocycles. The number of halogens is 2. The second-order valence-corrected chi connectivity index (χ2v) is 9.18. The molecule has 1 aromatic rings. The fourth-order valence-electron chi connectivity index (χ4n) is 3.71. The first kappa shape index (κ1) is 22.1. The van der Waals surface area contributed by atoms with Gasteiger partial charge in [0.1, 0.15) is 5.82 Å². The third-order valence-electron chi connectivity index (χ3n) is 5.18. The largest absolute Gasteiger partial charge is 0.353 e. The van der Waals surface area contributed by atoms with E-state index in [4.69, 9.17) is 0 Å². The molecule has 6 nitrogen and oxygen atoms in total. The zero-order valence-electron chi connectivity index (χ0n) is 15.4. The number of carbonyl (C=O) groups is 1. The van der Waals surface area contributed by atoms with Crippen molar-refractivity contribution < 1.29 is 17.6 Å². The van der Waals surface area contributed by atoms with Crippen LogP contribution in [0.15, 0.2) is 29.2 Å². The molecule has 3 rings (SSSR count). The lowest BCUT2D eigenvalue weighted by Gasteiger charge is -2.34. The number of hydrogen-bond donors (Lipinski definition) is 2. The minimum atomic E-state index is -3.71. The monoisotopic (exact) mass is 419 g/mol. The Labute approximate surface area is 166 Å². The molecule has 2 saturated heterocycles. The fourth-order valence-corrected chi connectivity index (χ4v) is 5.24. The summed E-state index contributed by atoms with van der Waals surface area (Å²) in [6.07, 6.45) is 3.10. The van der Waals surface area contributed by atoms with Crippen LogP contribution >= 0.6 is 12.4 Å². The Kier molecular flexibility index (Phi) is 7.62. The summed E-state index contributed by atoms with van der Waals surface area (Å²) in [5.74, 6) is -0.886. The molecule has 0 radical (unpaired) electrons. The van der Waals surface area contributed by atoms with E-state index >= 15 is 0 Å². The van der Waals surface area contributed by atoms with Crippen molar-refractivity contribution in [2.45, 2.75) is 49.6 Å². The lowest BCUT2D eigenvalue weighted by Crippen LogP contribution is -2.51. The standard InChI is InChI=1S/C18H26FN3O3S.ClH/c1-13-11-16(8-9-20-13)21-18(23)14-3-2-10-22(12-14)26(24,25)17-6-4-15(19)5-7-17;/h4-7,13-14,16,20H,2-3,8-12H2,1H3,(H,21,23);1H. The van der Waals surface area contributed by atoms with Crippen LogP contribution in [0.2, 0.25) is 0 Å². The van der Waals surface area contributed by atoms with Gasteiger partial charge in [-0.05, 0) is 63.4 Å². The molecule has 27 heavy (non-hydrogen) atoms. The predicted octanol–water partition coefficient (Wildman–Crippen LogP) is 1.90. The molecule has 1 amide bonds. The summed E-state index contributed by atoms with van der Waals surface area (Å²) in [6.45, 7) is 3.53. The molecule has 2 aliphatic rings. The molecule has 0 spiro atoms. The first-order chi connectivity index (χ1) is 12.4. The van der Waals surface area contributed by atoms with Gasteiger partial charge in [0.15, 0.2) is 0 Å². The van der Waals surface area contributed by atoms with Crippen LogP contribution in [0.5, 0.6) is 0 Å². The molecule has 9 heteroatoms. The van der Waals surface area contributed by atoms with Gasteiger partial charge in [0.05, 0.1) is 10.8 Å². The Morgan fingerprint density at radius 1 is 1.26 bits per heavy atom. The molecule has 3 unspecified atom stereocenters. The number of piperidine rings is 2. The molecule has 2 heterocycles. The molecule has 0 saturated carbocycles. The summed E-state index contributed by atoms with van der Waals surface area (Å²) in [7, 11) is -3.71. The second-order valence-electron chi connectivity index (χ2n) is 7.24. The first-order valence-electron chi connectivity index (χ1n) is 9.16. The van der Waals surface area contributed by atoms with Crippen LogP contribution in [0.25, 0.3) is 0 Å². The number of amides is 1.